The van der Waals surface area contributed by atoms with E-state index in [-0.39, 0.29) is 11.8 Å². The molecule has 1 aromatic carbocycles. The Balaban J connectivity index is 1.85. The van der Waals surface area contributed by atoms with Gasteiger partial charge in [0.05, 0.1) is 0 Å². The van der Waals surface area contributed by atoms with Crippen LogP contribution in [0.5, 0.6) is 0 Å². The van der Waals surface area contributed by atoms with E-state index in [2.05, 4.69) is 5.32 Å². The van der Waals surface area contributed by atoms with Crippen molar-refractivity contribution >= 4 is 11.8 Å². The second-order valence-corrected chi connectivity index (χ2v) is 6.47. The van der Waals surface area contributed by atoms with E-state index in [4.69, 9.17) is 0 Å². The van der Waals surface area contributed by atoms with Crippen molar-refractivity contribution in [1.29, 1.82) is 0 Å². The Labute approximate surface area is 132 Å². The van der Waals surface area contributed by atoms with Gasteiger partial charge < -0.3 is 10.2 Å². The van der Waals surface area contributed by atoms with Gasteiger partial charge in [-0.15, -0.1) is 0 Å². The molecule has 2 amide bonds. The summed E-state index contributed by atoms with van der Waals surface area (Å²) < 4.78 is 0. The third-order valence-corrected chi connectivity index (χ3v) is 4.29. The first-order chi connectivity index (χ1) is 10.5. The Kier molecular flexibility index (Phi) is 5.58. The van der Waals surface area contributed by atoms with E-state index in [9.17, 15) is 9.59 Å². The van der Waals surface area contributed by atoms with Gasteiger partial charge in [0.2, 0.25) is 11.8 Å². The molecule has 0 radical (unpaired) electrons. The molecule has 0 saturated carbocycles. The summed E-state index contributed by atoms with van der Waals surface area (Å²) in [5, 5.41) is 2.90. The van der Waals surface area contributed by atoms with Crippen molar-refractivity contribution in [3.63, 3.8) is 0 Å². The van der Waals surface area contributed by atoms with E-state index in [1.165, 1.54) is 12.0 Å². The van der Waals surface area contributed by atoms with Gasteiger partial charge in [-0.05, 0) is 45.1 Å². The second kappa shape index (κ2) is 7.43. The maximum atomic E-state index is 12.6. The molecule has 0 atom stereocenters. The molecule has 22 heavy (non-hydrogen) atoms. The number of rotatable bonds is 5. The van der Waals surface area contributed by atoms with Crippen LogP contribution >= 0.6 is 0 Å². The number of nitrogens with one attached hydrogen (secondary N) is 1. The minimum atomic E-state index is -0.992. The summed E-state index contributed by atoms with van der Waals surface area (Å²) in [7, 11) is 0. The van der Waals surface area contributed by atoms with Gasteiger partial charge >= 0.3 is 0 Å². The van der Waals surface area contributed by atoms with Crippen LogP contribution in [0.4, 0.5) is 0 Å². The molecule has 120 valence electrons. The van der Waals surface area contributed by atoms with E-state index in [1.54, 1.807) is 13.8 Å². The molecule has 0 aliphatic carbocycles. The molecule has 1 N–H and O–H groups in total. The number of nitrogens with zero attached hydrogens (tertiary/aromatic N) is 1. The minimum Gasteiger partial charge on any atom is -0.355 e. The van der Waals surface area contributed by atoms with Crippen molar-refractivity contribution in [2.24, 2.45) is 5.41 Å². The average Bonchev–Trinajstić information content (AvgIpc) is 2.55. The number of carbonyl (C=O) groups excluding carboxylic acids is 2. The maximum Gasteiger partial charge on any atom is 0.237 e. The van der Waals surface area contributed by atoms with Crippen LogP contribution in [0, 0.1) is 5.41 Å². The Hall–Kier alpha value is -1.84. The molecular formula is C18H26N2O2. The zero-order chi connectivity index (χ0) is 16.0. The van der Waals surface area contributed by atoms with Gasteiger partial charge in [-0.25, -0.2) is 0 Å². The number of benzene rings is 1. The van der Waals surface area contributed by atoms with Crippen LogP contribution in [0.25, 0.3) is 0 Å². The van der Waals surface area contributed by atoms with Crippen LogP contribution in [-0.2, 0) is 16.0 Å². The highest BCUT2D eigenvalue weighted by molar-refractivity contribution is 6.04. The Morgan fingerprint density at radius 3 is 2.36 bits per heavy atom. The number of hydrogen-bond donors (Lipinski definition) is 1. The van der Waals surface area contributed by atoms with Crippen LogP contribution in [0.1, 0.15) is 38.7 Å². The lowest BCUT2D eigenvalue weighted by Crippen LogP contribution is -2.51. The highest BCUT2D eigenvalue weighted by Gasteiger charge is 2.39. The van der Waals surface area contributed by atoms with Gasteiger partial charge in [0.15, 0.2) is 0 Å². The van der Waals surface area contributed by atoms with Gasteiger partial charge in [-0.2, -0.15) is 0 Å². The van der Waals surface area contributed by atoms with Gasteiger partial charge in [-0.3, -0.25) is 9.59 Å². The van der Waals surface area contributed by atoms with E-state index in [1.807, 2.05) is 35.2 Å². The van der Waals surface area contributed by atoms with Crippen LogP contribution in [-0.4, -0.2) is 36.3 Å². The lowest BCUT2D eigenvalue weighted by molar-refractivity contribution is -0.149. The molecule has 1 aromatic rings. The van der Waals surface area contributed by atoms with Crippen LogP contribution in [0.15, 0.2) is 30.3 Å². The highest BCUT2D eigenvalue weighted by Crippen LogP contribution is 2.22. The van der Waals surface area contributed by atoms with Crippen molar-refractivity contribution in [2.45, 2.75) is 39.5 Å². The smallest absolute Gasteiger partial charge is 0.237 e. The molecule has 1 aliphatic rings. The van der Waals surface area contributed by atoms with Gasteiger partial charge in [0, 0.05) is 19.6 Å². The molecular weight excluding hydrogens is 276 g/mol. The summed E-state index contributed by atoms with van der Waals surface area (Å²) in [6, 6.07) is 10.0. The number of piperidine rings is 1. The number of hydrogen-bond acceptors (Lipinski definition) is 2. The topological polar surface area (TPSA) is 49.4 Å². The Morgan fingerprint density at radius 2 is 1.73 bits per heavy atom. The Bertz CT molecular complexity index is 505. The molecule has 1 heterocycles. The summed E-state index contributed by atoms with van der Waals surface area (Å²) in [6.45, 7) is 5.56. The first kappa shape index (κ1) is 16.5. The fourth-order valence-electron chi connectivity index (χ4n) is 2.78. The molecule has 0 spiro atoms. The van der Waals surface area contributed by atoms with Gasteiger partial charge in [0.1, 0.15) is 5.41 Å². The lowest BCUT2D eigenvalue weighted by Gasteiger charge is -2.33. The molecule has 1 aliphatic heterocycles. The highest BCUT2D eigenvalue weighted by atomic mass is 16.2. The Morgan fingerprint density at radius 1 is 1.09 bits per heavy atom. The van der Waals surface area contributed by atoms with Crippen LogP contribution in [0.3, 0.4) is 0 Å². The second-order valence-electron chi connectivity index (χ2n) is 6.47. The van der Waals surface area contributed by atoms with Crippen LogP contribution < -0.4 is 5.32 Å². The van der Waals surface area contributed by atoms with E-state index >= 15 is 0 Å². The van der Waals surface area contributed by atoms with Crippen molar-refractivity contribution in [1.82, 2.24) is 10.2 Å². The monoisotopic (exact) mass is 302 g/mol. The van der Waals surface area contributed by atoms with Crippen molar-refractivity contribution in [3.05, 3.63) is 35.9 Å². The van der Waals surface area contributed by atoms with Crippen molar-refractivity contribution in [3.8, 4) is 0 Å². The zero-order valence-corrected chi connectivity index (χ0v) is 13.6. The third-order valence-electron chi connectivity index (χ3n) is 4.29. The number of amides is 2. The van der Waals surface area contributed by atoms with Gasteiger partial charge in [0.25, 0.3) is 0 Å². The zero-order valence-electron chi connectivity index (χ0n) is 13.6. The van der Waals surface area contributed by atoms with Crippen molar-refractivity contribution in [2.75, 3.05) is 19.6 Å². The predicted molar refractivity (Wildman–Crippen MR) is 87.4 cm³/mol. The summed E-state index contributed by atoms with van der Waals surface area (Å²) in [5.74, 6) is -0.233. The normalized spacial score (nSPS) is 15.5. The molecule has 0 aromatic heterocycles. The summed E-state index contributed by atoms with van der Waals surface area (Å²) in [5.41, 5.74) is 0.191. The lowest BCUT2D eigenvalue weighted by atomic mass is 9.89. The first-order valence-electron chi connectivity index (χ1n) is 8.13. The van der Waals surface area contributed by atoms with E-state index < -0.39 is 5.41 Å². The van der Waals surface area contributed by atoms with E-state index in [0.717, 1.165) is 32.4 Å². The molecule has 0 unspecified atom stereocenters. The molecule has 0 bridgehead atoms. The molecule has 4 heteroatoms. The van der Waals surface area contributed by atoms with Gasteiger partial charge in [-0.1, -0.05) is 30.3 Å². The number of carbonyl (C=O) groups is 2. The third kappa shape index (κ3) is 4.09. The molecule has 2 rings (SSSR count). The van der Waals surface area contributed by atoms with E-state index in [0.29, 0.717) is 6.54 Å². The predicted octanol–water partition coefficient (Wildman–Crippen LogP) is 2.38. The summed E-state index contributed by atoms with van der Waals surface area (Å²) >= 11 is 0. The number of likely N-dealkylation sites (tertiary alicyclic amines) is 1. The average molecular weight is 302 g/mol. The molecule has 4 nitrogen and oxygen atoms in total. The largest absolute Gasteiger partial charge is 0.355 e. The molecule has 1 saturated heterocycles. The SMILES string of the molecule is CC(C)(C(=O)NCCc1ccccc1)C(=O)N1CCCCC1. The fraction of sp³-hybridized carbons (Fsp3) is 0.556. The summed E-state index contributed by atoms with van der Waals surface area (Å²) in [6.07, 6.45) is 4.03. The standard InChI is InChI=1S/C18H26N2O2/c1-18(2,17(22)20-13-7-4-8-14-20)16(21)19-12-11-15-9-5-3-6-10-15/h3,5-6,9-10H,4,7-8,11-14H2,1-2H3,(H,19,21). The first-order valence-corrected chi connectivity index (χ1v) is 8.13. The molecule has 1 fully saturated rings. The van der Waals surface area contributed by atoms with Crippen LogP contribution in [0.2, 0.25) is 0 Å². The minimum absolute atomic E-state index is 0.0515. The summed E-state index contributed by atoms with van der Waals surface area (Å²) in [4.78, 5) is 26.8. The maximum absolute atomic E-state index is 12.6. The van der Waals surface area contributed by atoms with Crippen molar-refractivity contribution < 1.29 is 9.59 Å². The quantitative estimate of drug-likeness (QED) is 0.849. The fourth-order valence-corrected chi connectivity index (χ4v) is 2.78.